The number of hydrogen-bond acceptors (Lipinski definition) is 2. The summed E-state index contributed by atoms with van der Waals surface area (Å²) in [7, 11) is 0. The highest BCUT2D eigenvalue weighted by Crippen LogP contribution is 2.28. The molecule has 0 unspecified atom stereocenters. The molecule has 3 aromatic rings. The SMILES string of the molecule is O=C(Nc1cccc2c1CCCC2)c1cnn(-c2ccccc2)c1. The minimum Gasteiger partial charge on any atom is -0.322 e. The van der Waals surface area contributed by atoms with Crippen LogP contribution in [0.5, 0.6) is 0 Å². The number of para-hydroxylation sites is 1. The van der Waals surface area contributed by atoms with Gasteiger partial charge in [-0.25, -0.2) is 4.68 Å². The number of carbonyl (C=O) groups is 1. The molecule has 4 heteroatoms. The molecule has 1 aliphatic rings. The van der Waals surface area contributed by atoms with Crippen molar-refractivity contribution in [2.45, 2.75) is 25.7 Å². The van der Waals surface area contributed by atoms with E-state index in [0.717, 1.165) is 24.2 Å². The van der Waals surface area contributed by atoms with Gasteiger partial charge in [0.25, 0.3) is 5.91 Å². The van der Waals surface area contributed by atoms with Gasteiger partial charge in [0, 0.05) is 11.9 Å². The van der Waals surface area contributed by atoms with Gasteiger partial charge >= 0.3 is 0 Å². The first-order valence-corrected chi connectivity index (χ1v) is 8.33. The molecule has 1 aliphatic carbocycles. The molecule has 0 saturated carbocycles. The van der Waals surface area contributed by atoms with Crippen molar-refractivity contribution < 1.29 is 4.79 Å². The van der Waals surface area contributed by atoms with E-state index in [9.17, 15) is 4.79 Å². The van der Waals surface area contributed by atoms with E-state index in [1.165, 1.54) is 24.0 Å². The summed E-state index contributed by atoms with van der Waals surface area (Å²) < 4.78 is 1.72. The first kappa shape index (κ1) is 14.7. The van der Waals surface area contributed by atoms with Crippen molar-refractivity contribution in [1.82, 2.24) is 9.78 Å². The highest BCUT2D eigenvalue weighted by Gasteiger charge is 2.16. The second-order valence-electron chi connectivity index (χ2n) is 6.11. The summed E-state index contributed by atoms with van der Waals surface area (Å²) in [4.78, 5) is 12.6. The number of benzene rings is 2. The van der Waals surface area contributed by atoms with Crippen molar-refractivity contribution in [2.75, 3.05) is 5.32 Å². The summed E-state index contributed by atoms with van der Waals surface area (Å²) in [6, 6.07) is 16.0. The lowest BCUT2D eigenvalue weighted by atomic mass is 9.90. The van der Waals surface area contributed by atoms with E-state index in [1.807, 2.05) is 42.5 Å². The van der Waals surface area contributed by atoms with Gasteiger partial charge in [0.05, 0.1) is 17.4 Å². The van der Waals surface area contributed by atoms with E-state index >= 15 is 0 Å². The van der Waals surface area contributed by atoms with Crippen LogP contribution in [0.1, 0.15) is 34.3 Å². The molecule has 24 heavy (non-hydrogen) atoms. The molecule has 1 amide bonds. The van der Waals surface area contributed by atoms with Gasteiger partial charge in [-0.3, -0.25) is 4.79 Å². The predicted molar refractivity (Wildman–Crippen MR) is 94.6 cm³/mol. The van der Waals surface area contributed by atoms with E-state index in [4.69, 9.17) is 0 Å². The Labute approximate surface area is 141 Å². The first-order chi connectivity index (χ1) is 11.8. The van der Waals surface area contributed by atoms with Gasteiger partial charge in [-0.05, 0) is 55.0 Å². The molecule has 4 nitrogen and oxygen atoms in total. The zero-order chi connectivity index (χ0) is 16.4. The van der Waals surface area contributed by atoms with Crippen LogP contribution in [0.3, 0.4) is 0 Å². The molecule has 0 aliphatic heterocycles. The standard InChI is InChI=1S/C20H19N3O/c24-20(16-13-21-23(14-16)17-9-2-1-3-10-17)22-19-12-6-8-15-7-4-5-11-18(15)19/h1-3,6,8-10,12-14H,4-5,7,11H2,(H,22,24). The fraction of sp³-hybridized carbons (Fsp3) is 0.200. The maximum absolute atomic E-state index is 12.6. The van der Waals surface area contributed by atoms with Crippen molar-refractivity contribution in [3.05, 3.63) is 77.6 Å². The van der Waals surface area contributed by atoms with E-state index in [2.05, 4.69) is 16.5 Å². The number of hydrogen-bond donors (Lipinski definition) is 1. The summed E-state index contributed by atoms with van der Waals surface area (Å²) in [5.41, 5.74) is 5.08. The normalized spacial score (nSPS) is 13.3. The Balaban J connectivity index is 1.56. The number of amides is 1. The van der Waals surface area contributed by atoms with Gasteiger partial charge in [-0.15, -0.1) is 0 Å². The largest absolute Gasteiger partial charge is 0.322 e. The molecule has 0 saturated heterocycles. The fourth-order valence-corrected chi connectivity index (χ4v) is 3.25. The average Bonchev–Trinajstić information content (AvgIpc) is 3.13. The van der Waals surface area contributed by atoms with Crippen LogP contribution in [0.2, 0.25) is 0 Å². The average molecular weight is 317 g/mol. The summed E-state index contributed by atoms with van der Waals surface area (Å²) in [6.45, 7) is 0. The molecule has 1 heterocycles. The van der Waals surface area contributed by atoms with E-state index in [-0.39, 0.29) is 5.91 Å². The van der Waals surface area contributed by atoms with Gasteiger partial charge in [0.15, 0.2) is 0 Å². The van der Waals surface area contributed by atoms with Crippen molar-refractivity contribution in [3.63, 3.8) is 0 Å². The van der Waals surface area contributed by atoms with Gasteiger partial charge in [0.1, 0.15) is 0 Å². The third kappa shape index (κ3) is 2.83. The second-order valence-corrected chi connectivity index (χ2v) is 6.11. The highest BCUT2D eigenvalue weighted by molar-refractivity contribution is 6.04. The van der Waals surface area contributed by atoms with Gasteiger partial charge in [0.2, 0.25) is 0 Å². The molecule has 120 valence electrons. The number of aromatic nitrogens is 2. The molecule has 1 N–H and O–H groups in total. The lowest BCUT2D eigenvalue weighted by Crippen LogP contribution is -2.15. The number of nitrogens with zero attached hydrogens (tertiary/aromatic N) is 2. The molecule has 2 aromatic carbocycles. The monoisotopic (exact) mass is 317 g/mol. The van der Waals surface area contributed by atoms with Crippen LogP contribution in [0, 0.1) is 0 Å². The minimum atomic E-state index is -0.115. The van der Waals surface area contributed by atoms with Crippen LogP contribution >= 0.6 is 0 Å². The molecule has 0 radical (unpaired) electrons. The number of anilines is 1. The zero-order valence-electron chi connectivity index (χ0n) is 13.4. The molecule has 4 rings (SSSR count). The van der Waals surface area contributed by atoms with Crippen LogP contribution in [0.4, 0.5) is 5.69 Å². The molecular weight excluding hydrogens is 298 g/mol. The Hall–Kier alpha value is -2.88. The first-order valence-electron chi connectivity index (χ1n) is 8.33. The van der Waals surface area contributed by atoms with Crippen molar-refractivity contribution >= 4 is 11.6 Å². The van der Waals surface area contributed by atoms with Crippen LogP contribution in [0.15, 0.2) is 60.9 Å². The van der Waals surface area contributed by atoms with Crippen LogP contribution in [0.25, 0.3) is 5.69 Å². The lowest BCUT2D eigenvalue weighted by Gasteiger charge is -2.19. The van der Waals surface area contributed by atoms with Gasteiger partial charge < -0.3 is 5.32 Å². The zero-order valence-corrected chi connectivity index (χ0v) is 13.4. The summed E-state index contributed by atoms with van der Waals surface area (Å²) in [6.07, 6.45) is 7.93. The van der Waals surface area contributed by atoms with Crippen molar-refractivity contribution in [2.24, 2.45) is 0 Å². The van der Waals surface area contributed by atoms with Crippen LogP contribution in [-0.4, -0.2) is 15.7 Å². The smallest absolute Gasteiger partial charge is 0.258 e. The molecule has 0 spiro atoms. The molecule has 0 fully saturated rings. The summed E-state index contributed by atoms with van der Waals surface area (Å²) in [5, 5.41) is 7.35. The summed E-state index contributed by atoms with van der Waals surface area (Å²) in [5.74, 6) is -0.115. The third-order valence-electron chi connectivity index (χ3n) is 4.51. The minimum absolute atomic E-state index is 0.115. The van der Waals surface area contributed by atoms with Crippen molar-refractivity contribution in [1.29, 1.82) is 0 Å². The summed E-state index contributed by atoms with van der Waals surface area (Å²) >= 11 is 0. The van der Waals surface area contributed by atoms with Crippen LogP contribution < -0.4 is 5.32 Å². The Morgan fingerprint density at radius 3 is 2.71 bits per heavy atom. The second kappa shape index (κ2) is 6.32. The van der Waals surface area contributed by atoms with E-state index in [1.54, 1.807) is 17.1 Å². The van der Waals surface area contributed by atoms with Gasteiger partial charge in [-0.2, -0.15) is 5.10 Å². The Kier molecular flexibility index (Phi) is 3.87. The number of nitrogens with one attached hydrogen (secondary N) is 1. The maximum atomic E-state index is 12.6. The molecule has 0 atom stereocenters. The maximum Gasteiger partial charge on any atom is 0.258 e. The number of rotatable bonds is 3. The number of fused-ring (bicyclic) bond motifs is 1. The predicted octanol–water partition coefficient (Wildman–Crippen LogP) is 4.00. The number of aryl methyl sites for hydroxylation is 1. The fourth-order valence-electron chi connectivity index (χ4n) is 3.25. The number of carbonyl (C=O) groups excluding carboxylic acids is 1. The molecule has 1 aromatic heterocycles. The Morgan fingerprint density at radius 1 is 1.00 bits per heavy atom. The topological polar surface area (TPSA) is 46.9 Å². The Bertz CT molecular complexity index is 868. The highest BCUT2D eigenvalue weighted by atomic mass is 16.1. The van der Waals surface area contributed by atoms with E-state index in [0.29, 0.717) is 5.56 Å². The van der Waals surface area contributed by atoms with Crippen molar-refractivity contribution in [3.8, 4) is 5.69 Å². The Morgan fingerprint density at radius 2 is 1.83 bits per heavy atom. The lowest BCUT2D eigenvalue weighted by molar-refractivity contribution is 0.102. The third-order valence-corrected chi connectivity index (χ3v) is 4.51. The molecule has 0 bridgehead atoms. The molecular formula is C20H19N3O. The quantitative estimate of drug-likeness (QED) is 0.793. The van der Waals surface area contributed by atoms with Gasteiger partial charge in [-0.1, -0.05) is 30.3 Å². The van der Waals surface area contributed by atoms with Crippen LogP contribution in [-0.2, 0) is 12.8 Å². The van der Waals surface area contributed by atoms with E-state index < -0.39 is 0 Å².